The number of ether oxygens (including phenoxy) is 1. The topological polar surface area (TPSA) is 51.5 Å². The largest absolute Gasteiger partial charge is 0.314 e. The van der Waals surface area contributed by atoms with Crippen LogP contribution in [0.4, 0.5) is 0 Å². The molecule has 0 saturated carbocycles. The van der Waals surface area contributed by atoms with E-state index in [4.69, 9.17) is 19.8 Å². The fraction of sp³-hybridized carbons (Fsp3) is 0.857. The maximum absolute atomic E-state index is 8.47. The van der Waals surface area contributed by atoms with Gasteiger partial charge in [-0.25, -0.2) is 4.89 Å². The molecule has 2 heterocycles. The van der Waals surface area contributed by atoms with E-state index in [1.54, 1.807) is 0 Å². The SMILES string of the molecule is N#CC[C@@]12CCC[C@@H](OO1)O2. The van der Waals surface area contributed by atoms with E-state index in [-0.39, 0.29) is 12.7 Å². The monoisotopic (exact) mass is 155 g/mol. The lowest BCUT2D eigenvalue weighted by molar-refractivity contribution is -0.324. The van der Waals surface area contributed by atoms with Crippen molar-refractivity contribution in [3.63, 3.8) is 0 Å². The molecule has 4 heteroatoms. The quantitative estimate of drug-likeness (QED) is 0.532. The number of nitrogens with zero attached hydrogens (tertiary/aromatic N) is 1. The van der Waals surface area contributed by atoms with Crippen molar-refractivity contribution in [3.05, 3.63) is 0 Å². The smallest absolute Gasteiger partial charge is 0.217 e. The summed E-state index contributed by atoms with van der Waals surface area (Å²) < 4.78 is 5.36. The maximum Gasteiger partial charge on any atom is 0.217 e. The molecule has 0 aromatic rings. The van der Waals surface area contributed by atoms with Gasteiger partial charge in [0.05, 0.1) is 12.5 Å². The van der Waals surface area contributed by atoms with Gasteiger partial charge < -0.3 is 4.74 Å². The van der Waals surface area contributed by atoms with Crippen LogP contribution in [0.5, 0.6) is 0 Å². The standard InChI is InChI=1S/C7H9NO3/c8-5-4-7-3-1-2-6(9-7)10-11-7/h6H,1-4H2/t6-,7-/m1/s1. The van der Waals surface area contributed by atoms with Crippen LogP contribution in [0, 0.1) is 11.3 Å². The third kappa shape index (κ3) is 1.11. The highest BCUT2D eigenvalue weighted by Gasteiger charge is 2.46. The number of rotatable bonds is 1. The first-order chi connectivity index (χ1) is 5.35. The lowest BCUT2D eigenvalue weighted by Crippen LogP contribution is -2.33. The van der Waals surface area contributed by atoms with Crippen molar-refractivity contribution >= 4 is 0 Å². The molecule has 0 aromatic carbocycles. The zero-order chi connectivity index (χ0) is 7.73. The van der Waals surface area contributed by atoms with Gasteiger partial charge in [0.1, 0.15) is 0 Å². The van der Waals surface area contributed by atoms with Gasteiger partial charge in [-0.3, -0.25) is 0 Å². The summed E-state index contributed by atoms with van der Waals surface area (Å²) in [5.41, 5.74) is 0. The third-order valence-electron chi connectivity index (χ3n) is 2.00. The van der Waals surface area contributed by atoms with Crippen LogP contribution in [0.3, 0.4) is 0 Å². The average Bonchev–Trinajstić information content (AvgIpc) is 2.28. The highest BCUT2D eigenvalue weighted by atomic mass is 17.3. The van der Waals surface area contributed by atoms with Crippen LogP contribution >= 0.6 is 0 Å². The number of nitriles is 1. The van der Waals surface area contributed by atoms with E-state index in [0.29, 0.717) is 0 Å². The van der Waals surface area contributed by atoms with E-state index in [1.165, 1.54) is 0 Å². The molecular weight excluding hydrogens is 146 g/mol. The first-order valence-corrected chi connectivity index (χ1v) is 3.74. The third-order valence-corrected chi connectivity index (χ3v) is 2.00. The molecule has 4 nitrogen and oxygen atoms in total. The minimum Gasteiger partial charge on any atom is -0.314 e. The van der Waals surface area contributed by atoms with E-state index in [0.717, 1.165) is 19.3 Å². The van der Waals surface area contributed by atoms with Crippen molar-refractivity contribution in [1.29, 1.82) is 5.26 Å². The molecule has 2 atom stereocenters. The van der Waals surface area contributed by atoms with Gasteiger partial charge in [-0.15, -0.1) is 0 Å². The highest BCUT2D eigenvalue weighted by Crippen LogP contribution is 2.38. The molecular formula is C7H9NO3. The van der Waals surface area contributed by atoms with Crippen LogP contribution in [0.2, 0.25) is 0 Å². The van der Waals surface area contributed by atoms with E-state index >= 15 is 0 Å². The molecule has 0 spiro atoms. The van der Waals surface area contributed by atoms with Gasteiger partial charge in [0.25, 0.3) is 0 Å². The summed E-state index contributed by atoms with van der Waals surface area (Å²) in [6, 6.07) is 2.03. The van der Waals surface area contributed by atoms with E-state index in [2.05, 4.69) is 0 Å². The van der Waals surface area contributed by atoms with Crippen LogP contribution in [0.25, 0.3) is 0 Å². The highest BCUT2D eigenvalue weighted by molar-refractivity contribution is 4.87. The summed E-state index contributed by atoms with van der Waals surface area (Å²) >= 11 is 0. The Morgan fingerprint density at radius 1 is 1.64 bits per heavy atom. The zero-order valence-electron chi connectivity index (χ0n) is 6.08. The van der Waals surface area contributed by atoms with Crippen molar-refractivity contribution in [2.24, 2.45) is 0 Å². The second-order valence-corrected chi connectivity index (χ2v) is 2.86. The molecule has 2 rings (SSSR count). The van der Waals surface area contributed by atoms with Crippen molar-refractivity contribution in [2.75, 3.05) is 0 Å². The minimum atomic E-state index is -0.738. The zero-order valence-corrected chi connectivity index (χ0v) is 6.08. The van der Waals surface area contributed by atoms with Crippen LogP contribution in [-0.2, 0) is 14.5 Å². The van der Waals surface area contributed by atoms with Gasteiger partial charge in [-0.05, 0) is 6.42 Å². The fourth-order valence-corrected chi connectivity index (χ4v) is 1.45. The summed E-state index contributed by atoms with van der Waals surface area (Å²) in [4.78, 5) is 9.82. The summed E-state index contributed by atoms with van der Waals surface area (Å²) in [6.45, 7) is 0. The van der Waals surface area contributed by atoms with Crippen LogP contribution in [0.15, 0.2) is 0 Å². The molecule has 0 amide bonds. The second kappa shape index (κ2) is 2.45. The van der Waals surface area contributed by atoms with E-state index < -0.39 is 5.79 Å². The summed E-state index contributed by atoms with van der Waals surface area (Å²) in [5, 5.41) is 8.47. The number of hydrogen-bond acceptors (Lipinski definition) is 4. The lowest BCUT2D eigenvalue weighted by Gasteiger charge is -2.25. The lowest BCUT2D eigenvalue weighted by atomic mass is 10.0. The summed E-state index contributed by atoms with van der Waals surface area (Å²) in [7, 11) is 0. The molecule has 0 radical (unpaired) electrons. The van der Waals surface area contributed by atoms with E-state index in [9.17, 15) is 0 Å². The minimum absolute atomic E-state index is 0.239. The Hall–Kier alpha value is -0.630. The summed E-state index contributed by atoms with van der Waals surface area (Å²) in [6.07, 6.45) is 2.65. The predicted octanol–water partition coefficient (Wildman–Crippen LogP) is 1.08. The molecule has 11 heavy (non-hydrogen) atoms. The summed E-state index contributed by atoms with van der Waals surface area (Å²) in [5.74, 6) is -0.738. The molecule has 2 bridgehead atoms. The number of fused-ring (bicyclic) bond motifs is 2. The maximum atomic E-state index is 8.47. The molecule has 0 aromatic heterocycles. The molecule has 2 aliphatic heterocycles. The number of hydrogen-bond donors (Lipinski definition) is 0. The predicted molar refractivity (Wildman–Crippen MR) is 33.9 cm³/mol. The van der Waals surface area contributed by atoms with Gasteiger partial charge in [-0.1, -0.05) is 0 Å². The molecule has 2 fully saturated rings. The Kier molecular flexibility index (Phi) is 1.57. The van der Waals surface area contributed by atoms with Crippen LogP contribution in [-0.4, -0.2) is 12.1 Å². The van der Waals surface area contributed by atoms with Crippen molar-refractivity contribution in [1.82, 2.24) is 0 Å². The Bertz CT molecular complexity index is 196. The first-order valence-electron chi connectivity index (χ1n) is 3.74. The van der Waals surface area contributed by atoms with Gasteiger partial charge in [0, 0.05) is 12.8 Å². The fourth-order valence-electron chi connectivity index (χ4n) is 1.45. The van der Waals surface area contributed by atoms with Gasteiger partial charge >= 0.3 is 0 Å². The van der Waals surface area contributed by atoms with E-state index in [1.807, 2.05) is 6.07 Å². The molecule has 2 saturated heterocycles. The molecule has 60 valence electrons. The van der Waals surface area contributed by atoms with Gasteiger partial charge in [-0.2, -0.15) is 10.1 Å². The molecule has 0 N–H and O–H groups in total. The Balaban J connectivity index is 2.08. The second-order valence-electron chi connectivity index (χ2n) is 2.86. The van der Waals surface area contributed by atoms with Crippen molar-refractivity contribution < 1.29 is 14.5 Å². The Labute approximate surface area is 64.6 Å². The average molecular weight is 155 g/mol. The molecule has 2 aliphatic rings. The van der Waals surface area contributed by atoms with Crippen LogP contribution < -0.4 is 0 Å². The Morgan fingerprint density at radius 3 is 3.36 bits per heavy atom. The Morgan fingerprint density at radius 2 is 2.55 bits per heavy atom. The van der Waals surface area contributed by atoms with Crippen LogP contribution in [0.1, 0.15) is 25.7 Å². The van der Waals surface area contributed by atoms with Crippen molar-refractivity contribution in [3.8, 4) is 6.07 Å². The molecule has 0 aliphatic carbocycles. The van der Waals surface area contributed by atoms with Gasteiger partial charge in [0.15, 0.2) is 6.29 Å². The van der Waals surface area contributed by atoms with Crippen molar-refractivity contribution in [2.45, 2.75) is 37.8 Å². The first kappa shape index (κ1) is 7.04. The molecule has 0 unspecified atom stereocenters. The normalized spacial score (nSPS) is 41.9. The van der Waals surface area contributed by atoms with Gasteiger partial charge in [0.2, 0.25) is 5.79 Å².